The molecule has 0 radical (unpaired) electrons. The second-order valence-electron chi connectivity index (χ2n) is 3.40. The van der Waals surface area contributed by atoms with Gasteiger partial charge in [0.25, 0.3) is 5.91 Å². The van der Waals surface area contributed by atoms with E-state index in [1.165, 1.54) is 0 Å². The number of aliphatic hydroxyl groups is 1. The van der Waals surface area contributed by atoms with Crippen LogP contribution in [-0.2, 0) is 0 Å². The molecule has 1 aromatic carbocycles. The lowest BCUT2D eigenvalue weighted by Gasteiger charge is -2.15. The number of benzene rings is 1. The van der Waals surface area contributed by atoms with Crippen LogP contribution >= 0.6 is 11.6 Å². The Balaban J connectivity index is 2.63. The Kier molecular flexibility index (Phi) is 4.53. The van der Waals surface area contributed by atoms with Gasteiger partial charge in [0.05, 0.1) is 11.6 Å². The monoisotopic (exact) mass is 285 g/mol. The number of nitrogens with one attached hydrogen (secondary N) is 1. The molecular weight excluding hydrogens is 278 g/mol. The van der Waals surface area contributed by atoms with E-state index in [9.17, 15) is 22.4 Å². The van der Waals surface area contributed by atoms with Crippen LogP contribution in [-0.4, -0.2) is 29.8 Å². The Morgan fingerprint density at radius 2 is 2.06 bits per heavy atom. The molecule has 0 fully saturated rings. The lowest BCUT2D eigenvalue weighted by molar-refractivity contribution is -0.201. The standard InChI is InChI=1S/C10H8ClF4NO2/c11-6-3-5(1-2-7(6)12)9(18)16-4-8(17)10(13,14)15/h1-3,8,17H,4H2,(H,16,18). The third kappa shape index (κ3) is 3.85. The van der Waals surface area contributed by atoms with Crippen LogP contribution in [0.5, 0.6) is 0 Å². The minimum atomic E-state index is -4.81. The van der Waals surface area contributed by atoms with E-state index in [1.54, 1.807) is 0 Å². The van der Waals surface area contributed by atoms with E-state index in [0.717, 1.165) is 18.2 Å². The lowest BCUT2D eigenvalue weighted by atomic mass is 10.2. The fourth-order valence-electron chi connectivity index (χ4n) is 1.04. The van der Waals surface area contributed by atoms with Gasteiger partial charge in [-0.1, -0.05) is 11.6 Å². The Labute approximate surface area is 104 Å². The van der Waals surface area contributed by atoms with Gasteiger partial charge in [0.2, 0.25) is 0 Å². The first-order valence-corrected chi connectivity index (χ1v) is 5.07. The zero-order chi connectivity index (χ0) is 13.9. The number of aliphatic hydroxyl groups excluding tert-OH is 1. The van der Waals surface area contributed by atoms with Gasteiger partial charge in [-0.15, -0.1) is 0 Å². The zero-order valence-electron chi connectivity index (χ0n) is 8.76. The molecule has 1 atom stereocenters. The van der Waals surface area contributed by atoms with Crippen molar-refractivity contribution < 1.29 is 27.5 Å². The first-order valence-electron chi connectivity index (χ1n) is 4.70. The first kappa shape index (κ1) is 14.7. The number of rotatable bonds is 3. The molecule has 8 heteroatoms. The molecule has 0 aromatic heterocycles. The topological polar surface area (TPSA) is 49.3 Å². The van der Waals surface area contributed by atoms with Crippen molar-refractivity contribution in [3.8, 4) is 0 Å². The van der Waals surface area contributed by atoms with Gasteiger partial charge in [-0.3, -0.25) is 4.79 Å². The quantitative estimate of drug-likeness (QED) is 0.836. The van der Waals surface area contributed by atoms with Gasteiger partial charge in [0.15, 0.2) is 6.10 Å². The summed E-state index contributed by atoms with van der Waals surface area (Å²) in [5.74, 6) is -1.64. The molecule has 0 saturated heterocycles. The largest absolute Gasteiger partial charge is 0.416 e. The summed E-state index contributed by atoms with van der Waals surface area (Å²) in [7, 11) is 0. The number of amides is 1. The summed E-state index contributed by atoms with van der Waals surface area (Å²) in [6, 6.07) is 2.96. The minimum Gasteiger partial charge on any atom is -0.382 e. The van der Waals surface area contributed by atoms with Crippen LogP contribution in [0, 0.1) is 5.82 Å². The fourth-order valence-corrected chi connectivity index (χ4v) is 1.23. The summed E-state index contributed by atoms with van der Waals surface area (Å²) in [6.45, 7) is -0.989. The number of carbonyl (C=O) groups excluding carboxylic acids is 1. The molecule has 18 heavy (non-hydrogen) atoms. The Bertz CT molecular complexity index is 450. The van der Waals surface area contributed by atoms with Crippen molar-refractivity contribution in [1.29, 1.82) is 0 Å². The summed E-state index contributed by atoms with van der Waals surface area (Å²) >= 11 is 5.41. The van der Waals surface area contributed by atoms with E-state index in [0.29, 0.717) is 0 Å². The van der Waals surface area contributed by atoms with E-state index in [2.05, 4.69) is 0 Å². The van der Waals surface area contributed by atoms with Crippen molar-refractivity contribution in [2.24, 2.45) is 0 Å². The molecule has 0 aliphatic rings. The summed E-state index contributed by atoms with van der Waals surface area (Å²) < 4.78 is 48.6. The normalized spacial score (nSPS) is 13.2. The maximum absolute atomic E-state index is 12.8. The highest BCUT2D eigenvalue weighted by molar-refractivity contribution is 6.31. The molecule has 1 amide bonds. The van der Waals surface area contributed by atoms with Gasteiger partial charge in [-0.2, -0.15) is 13.2 Å². The van der Waals surface area contributed by atoms with Crippen LogP contribution in [0.25, 0.3) is 0 Å². The number of carbonyl (C=O) groups is 1. The van der Waals surface area contributed by atoms with Gasteiger partial charge < -0.3 is 10.4 Å². The summed E-state index contributed by atoms with van der Waals surface area (Å²) in [6.07, 6.45) is -7.47. The molecular formula is C10H8ClF4NO2. The van der Waals surface area contributed by atoms with E-state index in [-0.39, 0.29) is 10.6 Å². The van der Waals surface area contributed by atoms with Crippen LogP contribution in [0.15, 0.2) is 18.2 Å². The Hall–Kier alpha value is -1.34. The smallest absolute Gasteiger partial charge is 0.382 e. The maximum Gasteiger partial charge on any atom is 0.416 e. The third-order valence-electron chi connectivity index (χ3n) is 2.02. The first-order chi connectivity index (χ1) is 8.21. The van der Waals surface area contributed by atoms with Crippen LogP contribution in [0.3, 0.4) is 0 Å². The average Bonchev–Trinajstić information content (AvgIpc) is 2.27. The third-order valence-corrected chi connectivity index (χ3v) is 2.31. The molecule has 0 saturated carbocycles. The van der Waals surface area contributed by atoms with Crippen LogP contribution in [0.1, 0.15) is 10.4 Å². The van der Waals surface area contributed by atoms with Gasteiger partial charge in [-0.05, 0) is 18.2 Å². The van der Waals surface area contributed by atoms with Crippen molar-refractivity contribution in [2.75, 3.05) is 6.54 Å². The van der Waals surface area contributed by atoms with Crippen LogP contribution in [0.2, 0.25) is 5.02 Å². The van der Waals surface area contributed by atoms with Gasteiger partial charge >= 0.3 is 6.18 Å². The molecule has 1 unspecified atom stereocenters. The van der Waals surface area contributed by atoms with Crippen molar-refractivity contribution >= 4 is 17.5 Å². The molecule has 1 rings (SSSR count). The molecule has 3 nitrogen and oxygen atoms in total. The zero-order valence-corrected chi connectivity index (χ0v) is 9.52. The van der Waals surface area contributed by atoms with Crippen molar-refractivity contribution in [1.82, 2.24) is 5.32 Å². The van der Waals surface area contributed by atoms with Gasteiger partial charge in [-0.25, -0.2) is 4.39 Å². The van der Waals surface area contributed by atoms with Gasteiger partial charge in [0, 0.05) is 5.56 Å². The summed E-state index contributed by atoms with van der Waals surface area (Å²) in [5, 5.41) is 10.2. The fraction of sp³-hybridized carbons (Fsp3) is 0.300. The van der Waals surface area contributed by atoms with E-state index >= 15 is 0 Å². The molecule has 0 aliphatic carbocycles. The number of alkyl halides is 3. The van der Waals surface area contributed by atoms with Crippen molar-refractivity contribution in [2.45, 2.75) is 12.3 Å². The molecule has 0 aliphatic heterocycles. The number of hydrogen-bond donors (Lipinski definition) is 2. The number of hydrogen-bond acceptors (Lipinski definition) is 2. The Morgan fingerprint density at radius 1 is 1.44 bits per heavy atom. The van der Waals surface area contributed by atoms with Gasteiger partial charge in [0.1, 0.15) is 5.82 Å². The molecule has 100 valence electrons. The second-order valence-corrected chi connectivity index (χ2v) is 3.80. The van der Waals surface area contributed by atoms with Crippen LogP contribution < -0.4 is 5.32 Å². The Morgan fingerprint density at radius 3 is 2.56 bits per heavy atom. The molecule has 0 heterocycles. The highest BCUT2D eigenvalue weighted by Gasteiger charge is 2.38. The van der Waals surface area contributed by atoms with Crippen molar-refractivity contribution in [3.63, 3.8) is 0 Å². The molecule has 0 bridgehead atoms. The molecule has 1 aromatic rings. The SMILES string of the molecule is O=C(NCC(O)C(F)(F)F)c1ccc(F)c(Cl)c1. The second kappa shape index (κ2) is 5.53. The van der Waals surface area contributed by atoms with Crippen molar-refractivity contribution in [3.05, 3.63) is 34.6 Å². The van der Waals surface area contributed by atoms with E-state index < -0.39 is 30.5 Å². The average molecular weight is 286 g/mol. The predicted octanol–water partition coefficient (Wildman–Crippen LogP) is 2.13. The summed E-state index contributed by atoms with van der Waals surface area (Å²) in [5.41, 5.74) is -0.101. The minimum absolute atomic E-state index is 0.101. The summed E-state index contributed by atoms with van der Waals surface area (Å²) in [4.78, 5) is 11.4. The van der Waals surface area contributed by atoms with E-state index in [1.807, 2.05) is 5.32 Å². The highest BCUT2D eigenvalue weighted by Crippen LogP contribution is 2.19. The maximum atomic E-state index is 12.8. The predicted molar refractivity (Wildman–Crippen MR) is 55.8 cm³/mol. The molecule has 0 spiro atoms. The highest BCUT2D eigenvalue weighted by atomic mass is 35.5. The van der Waals surface area contributed by atoms with E-state index in [4.69, 9.17) is 16.7 Å². The lowest BCUT2D eigenvalue weighted by Crippen LogP contribution is -2.40. The van der Waals surface area contributed by atoms with Crippen LogP contribution in [0.4, 0.5) is 17.6 Å². The number of halogens is 5. The molecule has 2 N–H and O–H groups in total.